The Labute approximate surface area is 170 Å². The molecule has 6 heteroatoms. The molecule has 0 aliphatic rings. The van der Waals surface area contributed by atoms with Crippen molar-refractivity contribution in [2.75, 3.05) is 25.5 Å². The van der Waals surface area contributed by atoms with E-state index >= 15 is 0 Å². The third kappa shape index (κ3) is 9.40. The van der Waals surface area contributed by atoms with Crippen LogP contribution in [0.4, 0.5) is 5.69 Å². The first-order valence-corrected chi connectivity index (χ1v) is 9.96. The second-order valence-electron chi connectivity index (χ2n) is 6.98. The second-order valence-corrected chi connectivity index (χ2v) is 7.41. The fourth-order valence-corrected chi connectivity index (χ4v) is 2.65. The minimum atomic E-state index is 0.269. The van der Waals surface area contributed by atoms with E-state index in [1.165, 1.54) is 5.57 Å². The molecule has 1 rings (SSSR count). The molecule has 0 fully saturated rings. The van der Waals surface area contributed by atoms with Gasteiger partial charge in [0.25, 0.3) is 0 Å². The van der Waals surface area contributed by atoms with Gasteiger partial charge in [-0.25, -0.2) is 10.4 Å². The highest BCUT2D eigenvalue weighted by atomic mass is 35.5. The molecule has 3 unspecified atom stereocenters. The predicted molar refractivity (Wildman–Crippen MR) is 119 cm³/mol. The molecular formula is C21H36ClN5. The SMILES string of the molecule is C=CCNC(C)C(C)NNN(C)CCC(Nc1ccc(Cl)cc1)/C(C)=C/C. The number of nitrogens with zero attached hydrogens (tertiary/aromatic N) is 1. The molecule has 0 aliphatic carbocycles. The van der Waals surface area contributed by atoms with Crippen LogP contribution in [0.25, 0.3) is 0 Å². The Kier molecular flexibility index (Phi) is 11.3. The number of benzene rings is 1. The zero-order valence-corrected chi connectivity index (χ0v) is 18.1. The molecule has 3 atom stereocenters. The standard InChI is InChI=1S/C21H36ClN5/c1-7-14-23-17(4)18(5)25-26-27(6)15-13-21(16(3)8-2)24-20-11-9-19(22)10-12-20/h7-12,17-18,21,23-26H,1,13-15H2,2-6H3/b16-8+. The van der Waals surface area contributed by atoms with Crippen LogP contribution in [0.3, 0.4) is 0 Å². The lowest BCUT2D eigenvalue weighted by Gasteiger charge is -2.28. The van der Waals surface area contributed by atoms with E-state index in [2.05, 4.69) is 67.0 Å². The van der Waals surface area contributed by atoms with Crippen LogP contribution >= 0.6 is 11.6 Å². The summed E-state index contributed by atoms with van der Waals surface area (Å²) in [6, 6.07) is 8.74. The van der Waals surface area contributed by atoms with Gasteiger partial charge >= 0.3 is 0 Å². The van der Waals surface area contributed by atoms with Crippen molar-refractivity contribution in [1.82, 2.24) is 21.3 Å². The van der Waals surface area contributed by atoms with Gasteiger partial charge in [-0.15, -0.1) is 6.58 Å². The van der Waals surface area contributed by atoms with E-state index in [9.17, 15) is 0 Å². The summed E-state index contributed by atoms with van der Waals surface area (Å²) in [6.07, 6.45) is 5.01. The van der Waals surface area contributed by atoms with E-state index < -0.39 is 0 Å². The molecule has 0 amide bonds. The Morgan fingerprint density at radius 1 is 1.22 bits per heavy atom. The molecule has 27 heavy (non-hydrogen) atoms. The largest absolute Gasteiger partial charge is 0.379 e. The molecule has 152 valence electrons. The lowest BCUT2D eigenvalue weighted by molar-refractivity contribution is 0.165. The van der Waals surface area contributed by atoms with Crippen molar-refractivity contribution >= 4 is 17.3 Å². The zero-order valence-electron chi connectivity index (χ0n) is 17.3. The van der Waals surface area contributed by atoms with E-state index in [1.54, 1.807) is 0 Å². The van der Waals surface area contributed by atoms with Gasteiger partial charge in [-0.2, -0.15) is 5.53 Å². The van der Waals surface area contributed by atoms with Crippen molar-refractivity contribution in [3.8, 4) is 0 Å². The molecule has 5 nitrogen and oxygen atoms in total. The molecule has 0 aromatic heterocycles. The van der Waals surface area contributed by atoms with Crippen molar-refractivity contribution < 1.29 is 0 Å². The number of anilines is 1. The lowest BCUT2D eigenvalue weighted by Crippen LogP contribution is -2.55. The van der Waals surface area contributed by atoms with Gasteiger partial charge in [0, 0.05) is 49.0 Å². The summed E-state index contributed by atoms with van der Waals surface area (Å²) in [7, 11) is 2.05. The third-order valence-corrected chi connectivity index (χ3v) is 5.01. The topological polar surface area (TPSA) is 51.4 Å². The summed E-state index contributed by atoms with van der Waals surface area (Å²) in [5.41, 5.74) is 9.02. The van der Waals surface area contributed by atoms with Crippen LogP contribution in [0.2, 0.25) is 5.02 Å². The maximum absolute atomic E-state index is 5.98. The average molecular weight is 394 g/mol. The quantitative estimate of drug-likeness (QED) is 0.302. The van der Waals surface area contributed by atoms with Crippen LogP contribution < -0.4 is 21.6 Å². The smallest absolute Gasteiger partial charge is 0.0483 e. The highest BCUT2D eigenvalue weighted by Gasteiger charge is 2.13. The van der Waals surface area contributed by atoms with E-state index in [0.717, 1.165) is 30.2 Å². The van der Waals surface area contributed by atoms with Crippen molar-refractivity contribution in [2.45, 2.75) is 52.2 Å². The first kappa shape index (κ1) is 23.7. The monoisotopic (exact) mass is 393 g/mol. The highest BCUT2D eigenvalue weighted by molar-refractivity contribution is 6.30. The number of nitrogens with one attached hydrogen (secondary N) is 4. The summed E-state index contributed by atoms with van der Waals surface area (Å²) in [5, 5.41) is 9.82. The molecule has 4 N–H and O–H groups in total. The van der Waals surface area contributed by atoms with Gasteiger partial charge in [0.05, 0.1) is 0 Å². The van der Waals surface area contributed by atoms with Gasteiger partial charge in [-0.3, -0.25) is 0 Å². The Bertz CT molecular complexity index is 572. The minimum absolute atomic E-state index is 0.269. The summed E-state index contributed by atoms with van der Waals surface area (Å²) >= 11 is 5.98. The summed E-state index contributed by atoms with van der Waals surface area (Å²) in [6.45, 7) is 14.0. The second kappa shape index (κ2) is 12.9. The Morgan fingerprint density at radius 3 is 2.48 bits per heavy atom. The zero-order chi connectivity index (χ0) is 20.2. The van der Waals surface area contributed by atoms with Crippen molar-refractivity contribution in [3.63, 3.8) is 0 Å². The molecule has 0 radical (unpaired) electrons. The fourth-order valence-electron chi connectivity index (χ4n) is 2.52. The number of hydrazine groups is 2. The number of hydrogen-bond acceptors (Lipinski definition) is 5. The van der Waals surface area contributed by atoms with Crippen LogP contribution in [-0.2, 0) is 0 Å². The minimum Gasteiger partial charge on any atom is -0.379 e. The fraction of sp³-hybridized carbons (Fsp3) is 0.524. The number of rotatable bonds is 13. The summed E-state index contributed by atoms with van der Waals surface area (Å²) < 4.78 is 0. The predicted octanol–water partition coefficient (Wildman–Crippen LogP) is 3.97. The molecule has 0 bridgehead atoms. The molecule has 0 aliphatic heterocycles. The Balaban J connectivity index is 2.47. The molecule has 1 aromatic carbocycles. The molecule has 0 saturated heterocycles. The van der Waals surface area contributed by atoms with Crippen LogP contribution in [0.5, 0.6) is 0 Å². The van der Waals surface area contributed by atoms with Crippen LogP contribution in [0.1, 0.15) is 34.1 Å². The van der Waals surface area contributed by atoms with Gasteiger partial charge in [-0.1, -0.05) is 29.3 Å². The van der Waals surface area contributed by atoms with E-state index in [-0.39, 0.29) is 12.1 Å². The summed E-state index contributed by atoms with van der Waals surface area (Å²) in [4.78, 5) is 0. The van der Waals surface area contributed by atoms with Crippen LogP contribution in [0.15, 0.2) is 48.6 Å². The van der Waals surface area contributed by atoms with Gasteiger partial charge in [0.15, 0.2) is 0 Å². The van der Waals surface area contributed by atoms with Crippen LogP contribution in [0, 0.1) is 0 Å². The number of hydrogen-bond donors (Lipinski definition) is 4. The Hall–Kier alpha value is -1.37. The maximum Gasteiger partial charge on any atom is 0.0483 e. The van der Waals surface area contributed by atoms with Gasteiger partial charge < -0.3 is 10.6 Å². The number of allylic oxidation sites excluding steroid dienone is 1. The van der Waals surface area contributed by atoms with Gasteiger partial charge in [0.1, 0.15) is 0 Å². The highest BCUT2D eigenvalue weighted by Crippen LogP contribution is 2.18. The first-order valence-electron chi connectivity index (χ1n) is 9.58. The molecule has 1 aromatic rings. The maximum atomic E-state index is 5.98. The molecule has 0 spiro atoms. The Morgan fingerprint density at radius 2 is 1.89 bits per heavy atom. The van der Waals surface area contributed by atoms with E-state index in [1.807, 2.05) is 37.4 Å². The van der Waals surface area contributed by atoms with Gasteiger partial charge in [-0.05, 0) is 58.4 Å². The van der Waals surface area contributed by atoms with Crippen molar-refractivity contribution in [2.24, 2.45) is 0 Å². The first-order chi connectivity index (χ1) is 12.9. The van der Waals surface area contributed by atoms with Crippen molar-refractivity contribution in [1.29, 1.82) is 0 Å². The van der Waals surface area contributed by atoms with E-state index in [0.29, 0.717) is 6.04 Å². The van der Waals surface area contributed by atoms with Crippen LogP contribution in [-0.4, -0.2) is 43.3 Å². The molecule has 0 heterocycles. The van der Waals surface area contributed by atoms with Crippen molar-refractivity contribution in [3.05, 3.63) is 53.6 Å². The summed E-state index contributed by atoms with van der Waals surface area (Å²) in [5.74, 6) is 0. The third-order valence-electron chi connectivity index (χ3n) is 4.76. The molecule has 0 saturated carbocycles. The lowest BCUT2D eigenvalue weighted by atomic mass is 10.0. The normalized spacial score (nSPS) is 15.4. The molecular weight excluding hydrogens is 358 g/mol. The van der Waals surface area contributed by atoms with Gasteiger partial charge in [0.2, 0.25) is 0 Å². The average Bonchev–Trinajstić information content (AvgIpc) is 2.68. The number of halogens is 1. The van der Waals surface area contributed by atoms with E-state index in [4.69, 9.17) is 11.6 Å².